The van der Waals surface area contributed by atoms with Crippen LogP contribution in [0.2, 0.25) is 5.02 Å². The van der Waals surface area contributed by atoms with Gasteiger partial charge >= 0.3 is 0 Å². The number of hydrogen-bond donors (Lipinski definition) is 0. The lowest BCUT2D eigenvalue weighted by Gasteiger charge is -2.16. The molecule has 0 aliphatic carbocycles. The largest absolute Gasteiger partial charge is 0.299 e. The van der Waals surface area contributed by atoms with Crippen LogP contribution in [0.1, 0.15) is 12.0 Å². The van der Waals surface area contributed by atoms with Crippen LogP contribution in [0.3, 0.4) is 0 Å². The molecule has 0 saturated carbocycles. The normalized spacial score (nSPS) is 17.5. The zero-order chi connectivity index (χ0) is 20.3. The fourth-order valence-corrected chi connectivity index (χ4v) is 5.49. The van der Waals surface area contributed by atoms with E-state index < -0.39 is 9.84 Å². The Morgan fingerprint density at radius 1 is 0.966 bits per heavy atom. The predicted molar refractivity (Wildman–Crippen MR) is 117 cm³/mol. The van der Waals surface area contributed by atoms with E-state index in [0.29, 0.717) is 5.02 Å². The van der Waals surface area contributed by atoms with Gasteiger partial charge in [-0.2, -0.15) is 0 Å². The number of likely N-dealkylation sites (tertiary alicyclic amines) is 1. The molecular formula is C23H23ClN2O2S. The summed E-state index contributed by atoms with van der Waals surface area (Å²) in [4.78, 5) is 6.30. The maximum atomic E-state index is 12.6. The van der Waals surface area contributed by atoms with E-state index in [2.05, 4.69) is 46.3 Å². The zero-order valence-corrected chi connectivity index (χ0v) is 17.6. The van der Waals surface area contributed by atoms with Crippen molar-refractivity contribution in [3.8, 4) is 11.1 Å². The molecule has 150 valence electrons. The van der Waals surface area contributed by atoms with Crippen molar-refractivity contribution < 1.29 is 8.42 Å². The highest BCUT2D eigenvalue weighted by molar-refractivity contribution is 7.91. The number of halogens is 1. The first-order valence-electron chi connectivity index (χ1n) is 9.71. The summed E-state index contributed by atoms with van der Waals surface area (Å²) >= 11 is 5.81. The third-order valence-electron chi connectivity index (χ3n) is 5.31. The Morgan fingerprint density at radius 2 is 1.69 bits per heavy atom. The van der Waals surface area contributed by atoms with E-state index in [0.717, 1.165) is 26.1 Å². The lowest BCUT2D eigenvalue weighted by atomic mass is 10.0. The Labute approximate surface area is 177 Å². The van der Waals surface area contributed by atoms with Gasteiger partial charge in [-0.15, -0.1) is 0 Å². The first-order valence-corrected chi connectivity index (χ1v) is 11.7. The van der Waals surface area contributed by atoms with Crippen LogP contribution in [0.25, 0.3) is 11.1 Å². The Hall–Kier alpha value is -2.21. The van der Waals surface area contributed by atoms with E-state index >= 15 is 0 Å². The van der Waals surface area contributed by atoms with Gasteiger partial charge in [0.2, 0.25) is 0 Å². The lowest BCUT2D eigenvalue weighted by molar-refractivity contribution is 0.320. The van der Waals surface area contributed by atoms with Gasteiger partial charge in [0.05, 0.1) is 10.8 Å². The molecule has 0 unspecified atom stereocenters. The fourth-order valence-electron chi connectivity index (χ4n) is 3.83. The van der Waals surface area contributed by atoms with E-state index in [1.807, 2.05) is 18.2 Å². The Balaban J connectivity index is 1.35. The molecule has 0 N–H and O–H groups in total. The van der Waals surface area contributed by atoms with Gasteiger partial charge in [0.15, 0.2) is 14.9 Å². The summed E-state index contributed by atoms with van der Waals surface area (Å²) in [6, 6.07) is 22.0. The van der Waals surface area contributed by atoms with Gasteiger partial charge in [-0.25, -0.2) is 13.4 Å². The average Bonchev–Trinajstić information content (AvgIpc) is 3.15. The number of pyridine rings is 1. The molecule has 4 nitrogen and oxygen atoms in total. The molecule has 29 heavy (non-hydrogen) atoms. The van der Waals surface area contributed by atoms with Gasteiger partial charge in [0.1, 0.15) is 0 Å². The van der Waals surface area contributed by atoms with E-state index in [4.69, 9.17) is 11.6 Å². The molecule has 2 heterocycles. The van der Waals surface area contributed by atoms with Crippen LogP contribution in [-0.4, -0.2) is 37.1 Å². The third kappa shape index (κ3) is 5.04. The Bertz CT molecular complexity index is 1050. The van der Waals surface area contributed by atoms with Crippen molar-refractivity contribution in [2.24, 2.45) is 5.92 Å². The van der Waals surface area contributed by atoms with Gasteiger partial charge in [0, 0.05) is 19.3 Å². The number of hydrogen-bond acceptors (Lipinski definition) is 4. The van der Waals surface area contributed by atoms with E-state index in [9.17, 15) is 8.42 Å². The van der Waals surface area contributed by atoms with Crippen molar-refractivity contribution in [2.45, 2.75) is 18.0 Å². The monoisotopic (exact) mass is 426 g/mol. The van der Waals surface area contributed by atoms with Crippen LogP contribution in [-0.2, 0) is 16.4 Å². The molecule has 1 aromatic heterocycles. The van der Waals surface area contributed by atoms with Crippen LogP contribution in [0, 0.1) is 5.92 Å². The topological polar surface area (TPSA) is 50.3 Å². The van der Waals surface area contributed by atoms with Gasteiger partial charge in [0.25, 0.3) is 0 Å². The highest BCUT2D eigenvalue weighted by atomic mass is 35.5. The summed E-state index contributed by atoms with van der Waals surface area (Å²) in [7, 11) is -3.39. The second kappa shape index (κ2) is 8.66. The van der Waals surface area contributed by atoms with Crippen molar-refractivity contribution in [3.63, 3.8) is 0 Å². The Morgan fingerprint density at radius 3 is 2.38 bits per heavy atom. The van der Waals surface area contributed by atoms with Crippen LogP contribution >= 0.6 is 11.6 Å². The van der Waals surface area contributed by atoms with E-state index in [1.54, 1.807) is 6.07 Å². The maximum Gasteiger partial charge on any atom is 0.195 e. The molecule has 1 fully saturated rings. The summed E-state index contributed by atoms with van der Waals surface area (Å²) in [6.07, 6.45) is 2.27. The highest BCUT2D eigenvalue weighted by Gasteiger charge is 2.28. The first kappa shape index (κ1) is 20.1. The minimum atomic E-state index is -3.39. The highest BCUT2D eigenvalue weighted by Crippen LogP contribution is 2.24. The van der Waals surface area contributed by atoms with Crippen molar-refractivity contribution in [1.82, 2.24) is 9.88 Å². The van der Waals surface area contributed by atoms with E-state index in [-0.39, 0.29) is 16.7 Å². The molecule has 1 aliphatic heterocycles. The van der Waals surface area contributed by atoms with Crippen LogP contribution in [0.4, 0.5) is 0 Å². The Kier molecular flexibility index (Phi) is 5.99. The minimum Gasteiger partial charge on any atom is -0.299 e. The molecule has 2 aromatic carbocycles. The molecule has 0 radical (unpaired) electrons. The summed E-state index contributed by atoms with van der Waals surface area (Å²) in [6.45, 7) is 2.53. The van der Waals surface area contributed by atoms with Crippen LogP contribution in [0.15, 0.2) is 78.0 Å². The molecule has 0 bridgehead atoms. The van der Waals surface area contributed by atoms with Crippen LogP contribution in [0.5, 0.6) is 0 Å². The lowest BCUT2D eigenvalue weighted by Crippen LogP contribution is -2.23. The summed E-state index contributed by atoms with van der Waals surface area (Å²) < 4.78 is 25.2. The van der Waals surface area contributed by atoms with Crippen molar-refractivity contribution in [2.75, 3.05) is 18.8 Å². The fraction of sp³-hybridized carbons (Fsp3) is 0.261. The van der Waals surface area contributed by atoms with Crippen LogP contribution < -0.4 is 0 Å². The minimum absolute atomic E-state index is 0.108. The van der Waals surface area contributed by atoms with Crippen molar-refractivity contribution >= 4 is 21.4 Å². The standard InChI is InChI=1S/C23H23ClN2O2S/c24-22-10-11-23(25-14-22)29(27,28)17-19-12-13-26(16-19)15-18-6-8-21(9-7-18)20-4-2-1-3-5-20/h1-11,14,19H,12-13,15-17H2/t19-/m1/s1. The molecule has 1 aliphatic rings. The molecule has 4 rings (SSSR count). The van der Waals surface area contributed by atoms with Gasteiger partial charge in [-0.3, -0.25) is 4.90 Å². The number of aromatic nitrogens is 1. The maximum absolute atomic E-state index is 12.6. The zero-order valence-electron chi connectivity index (χ0n) is 16.0. The first-order chi connectivity index (χ1) is 14.0. The summed E-state index contributed by atoms with van der Waals surface area (Å²) in [5.74, 6) is 0.256. The summed E-state index contributed by atoms with van der Waals surface area (Å²) in [5.41, 5.74) is 3.66. The van der Waals surface area contributed by atoms with Gasteiger partial charge < -0.3 is 0 Å². The molecule has 6 heteroatoms. The molecular weight excluding hydrogens is 404 g/mol. The second-order valence-electron chi connectivity index (χ2n) is 7.55. The smallest absolute Gasteiger partial charge is 0.195 e. The number of sulfone groups is 1. The van der Waals surface area contributed by atoms with Gasteiger partial charge in [-0.1, -0.05) is 66.2 Å². The molecule has 3 aromatic rings. The molecule has 1 atom stereocenters. The number of rotatable bonds is 6. The SMILES string of the molecule is O=S(=O)(C[C@@H]1CCN(Cc2ccc(-c3ccccc3)cc2)C1)c1ccc(Cl)cn1. The summed E-state index contributed by atoms with van der Waals surface area (Å²) in [5, 5.41) is 0.547. The molecule has 0 spiro atoms. The van der Waals surface area contributed by atoms with Crippen molar-refractivity contribution in [1.29, 1.82) is 0 Å². The van der Waals surface area contributed by atoms with E-state index in [1.165, 1.54) is 29.0 Å². The van der Waals surface area contributed by atoms with Crippen molar-refractivity contribution in [3.05, 3.63) is 83.5 Å². The molecule has 0 amide bonds. The third-order valence-corrected chi connectivity index (χ3v) is 7.32. The predicted octanol–water partition coefficient (Wildman–Crippen LogP) is 4.70. The number of benzene rings is 2. The quantitative estimate of drug-likeness (QED) is 0.573. The second-order valence-corrected chi connectivity index (χ2v) is 9.97. The number of nitrogens with zero attached hydrogens (tertiary/aromatic N) is 2. The average molecular weight is 427 g/mol. The molecule has 1 saturated heterocycles. The van der Waals surface area contributed by atoms with Gasteiger partial charge in [-0.05, 0) is 47.7 Å².